The number of ether oxygens (including phenoxy) is 1. The predicted molar refractivity (Wildman–Crippen MR) is 98.6 cm³/mol. The molecule has 0 saturated carbocycles. The molecule has 0 saturated heterocycles. The maximum atomic E-state index is 13.2. The molecule has 0 atom stereocenters. The molecule has 8 heteroatoms. The highest BCUT2D eigenvalue weighted by Gasteiger charge is 2.16. The topological polar surface area (TPSA) is 73.2 Å². The van der Waals surface area contributed by atoms with Crippen LogP contribution in [0.2, 0.25) is 0 Å². The van der Waals surface area contributed by atoms with Gasteiger partial charge in [-0.1, -0.05) is 0 Å². The fraction of sp³-hybridized carbons (Fsp3) is 0.150. The van der Waals surface area contributed by atoms with E-state index < -0.39 is 23.5 Å². The van der Waals surface area contributed by atoms with Crippen molar-refractivity contribution < 1.29 is 23.1 Å². The van der Waals surface area contributed by atoms with E-state index in [1.807, 2.05) is 0 Å². The number of hydrogen-bond acceptors (Lipinski definition) is 4. The maximum Gasteiger partial charge on any atom is 0.341 e. The number of esters is 1. The molecular formula is C20H17F2N3O3. The molecule has 6 nitrogen and oxygen atoms in total. The van der Waals surface area contributed by atoms with E-state index in [4.69, 9.17) is 4.74 Å². The monoisotopic (exact) mass is 385 g/mol. The second-order valence-electron chi connectivity index (χ2n) is 5.94. The lowest BCUT2D eigenvalue weighted by atomic mass is 10.2. The minimum atomic E-state index is -0.780. The van der Waals surface area contributed by atoms with Gasteiger partial charge in [-0.3, -0.25) is 4.79 Å². The molecule has 1 amide bonds. The third-order valence-electron chi connectivity index (χ3n) is 4.00. The Kier molecular flexibility index (Phi) is 5.49. The molecule has 0 aliphatic heterocycles. The zero-order valence-corrected chi connectivity index (χ0v) is 15.2. The van der Waals surface area contributed by atoms with Crippen molar-refractivity contribution in [3.05, 3.63) is 77.1 Å². The number of aromatic nitrogens is 2. The van der Waals surface area contributed by atoms with Crippen molar-refractivity contribution in [3.63, 3.8) is 0 Å². The molecule has 2 aromatic carbocycles. The minimum absolute atomic E-state index is 0.0218. The molecule has 1 N–H and O–H groups in total. The molecule has 144 valence electrons. The highest BCUT2D eigenvalue weighted by atomic mass is 19.1. The first-order valence-corrected chi connectivity index (χ1v) is 8.48. The van der Waals surface area contributed by atoms with Crippen molar-refractivity contribution in [1.82, 2.24) is 9.78 Å². The largest absolute Gasteiger partial charge is 0.462 e. The summed E-state index contributed by atoms with van der Waals surface area (Å²) in [4.78, 5) is 24.2. The number of hydrogen-bond donors (Lipinski definition) is 1. The summed E-state index contributed by atoms with van der Waals surface area (Å²) in [7, 11) is 0. The van der Waals surface area contributed by atoms with Crippen LogP contribution in [-0.2, 0) is 4.74 Å². The molecule has 0 spiro atoms. The highest BCUT2D eigenvalue weighted by molar-refractivity contribution is 6.04. The lowest BCUT2D eigenvalue weighted by molar-refractivity contribution is 0.0525. The second kappa shape index (κ2) is 7.99. The lowest BCUT2D eigenvalue weighted by Gasteiger charge is -2.08. The standard InChI is InChI=1S/C20H17F2N3O3/c1-3-28-20(27)18-11-23-25(12(18)2)17-6-4-13(5-7-17)19(26)24-16-9-14(21)8-15(22)10-16/h4-11H,3H2,1-2H3,(H,24,26). The van der Waals surface area contributed by atoms with E-state index in [2.05, 4.69) is 10.4 Å². The van der Waals surface area contributed by atoms with Crippen molar-refractivity contribution >= 4 is 17.6 Å². The van der Waals surface area contributed by atoms with Crippen molar-refractivity contribution in [2.45, 2.75) is 13.8 Å². The third-order valence-corrected chi connectivity index (χ3v) is 4.00. The van der Waals surface area contributed by atoms with E-state index >= 15 is 0 Å². The number of anilines is 1. The van der Waals surface area contributed by atoms with Crippen LogP contribution in [0.1, 0.15) is 33.3 Å². The van der Waals surface area contributed by atoms with Gasteiger partial charge in [0, 0.05) is 17.3 Å². The van der Waals surface area contributed by atoms with Gasteiger partial charge in [-0.2, -0.15) is 5.10 Å². The van der Waals surface area contributed by atoms with Gasteiger partial charge in [0.25, 0.3) is 5.91 Å². The zero-order chi connectivity index (χ0) is 20.3. The average molecular weight is 385 g/mol. The van der Waals surface area contributed by atoms with Crippen LogP contribution in [0, 0.1) is 18.6 Å². The van der Waals surface area contributed by atoms with Gasteiger partial charge in [-0.25, -0.2) is 18.3 Å². The molecule has 0 aliphatic rings. The Morgan fingerprint density at radius 2 is 1.75 bits per heavy atom. The number of amides is 1. The summed E-state index contributed by atoms with van der Waals surface area (Å²) >= 11 is 0. The van der Waals surface area contributed by atoms with Gasteiger partial charge in [0.2, 0.25) is 0 Å². The number of nitrogens with one attached hydrogen (secondary N) is 1. The van der Waals surface area contributed by atoms with Crippen LogP contribution in [0.3, 0.4) is 0 Å². The van der Waals surface area contributed by atoms with Crippen LogP contribution >= 0.6 is 0 Å². The number of rotatable bonds is 5. The van der Waals surface area contributed by atoms with Crippen LogP contribution < -0.4 is 5.32 Å². The first-order chi connectivity index (χ1) is 13.4. The quantitative estimate of drug-likeness (QED) is 0.677. The summed E-state index contributed by atoms with van der Waals surface area (Å²) in [6.45, 7) is 3.72. The molecule has 1 aromatic heterocycles. The second-order valence-corrected chi connectivity index (χ2v) is 5.94. The summed E-state index contributed by atoms with van der Waals surface area (Å²) in [6.07, 6.45) is 1.42. The number of carbonyl (C=O) groups excluding carboxylic acids is 2. The van der Waals surface area contributed by atoms with Gasteiger partial charge < -0.3 is 10.1 Å². The highest BCUT2D eigenvalue weighted by Crippen LogP contribution is 2.18. The summed E-state index contributed by atoms with van der Waals surface area (Å²) < 4.78 is 33.0. The van der Waals surface area contributed by atoms with Crippen LogP contribution in [-0.4, -0.2) is 28.3 Å². The van der Waals surface area contributed by atoms with Gasteiger partial charge in [0.15, 0.2) is 0 Å². The molecular weight excluding hydrogens is 368 g/mol. The molecule has 3 aromatic rings. The predicted octanol–water partition coefficient (Wildman–Crippen LogP) is 3.89. The van der Waals surface area contributed by atoms with Crippen molar-refractivity contribution in [2.75, 3.05) is 11.9 Å². The summed E-state index contributed by atoms with van der Waals surface area (Å²) in [6, 6.07) is 9.17. The molecule has 0 aliphatic carbocycles. The molecule has 1 heterocycles. The average Bonchev–Trinajstić information content (AvgIpc) is 3.02. The van der Waals surface area contributed by atoms with E-state index in [0.29, 0.717) is 22.5 Å². The normalized spacial score (nSPS) is 10.6. The molecule has 0 unspecified atom stereocenters. The van der Waals surface area contributed by atoms with Crippen LogP contribution in [0.5, 0.6) is 0 Å². The SMILES string of the molecule is CCOC(=O)c1cnn(-c2ccc(C(=O)Nc3cc(F)cc(F)c3)cc2)c1C. The summed E-state index contributed by atoms with van der Waals surface area (Å²) in [5.74, 6) is -2.53. The Hall–Kier alpha value is -3.55. The van der Waals surface area contributed by atoms with Crippen molar-refractivity contribution in [3.8, 4) is 5.69 Å². The summed E-state index contributed by atoms with van der Waals surface area (Å²) in [5.41, 5.74) is 1.92. The summed E-state index contributed by atoms with van der Waals surface area (Å²) in [5, 5.41) is 6.62. The fourth-order valence-corrected chi connectivity index (χ4v) is 2.66. The Morgan fingerprint density at radius 3 is 2.36 bits per heavy atom. The van der Waals surface area contributed by atoms with Crippen molar-refractivity contribution in [2.24, 2.45) is 0 Å². The molecule has 0 bridgehead atoms. The Labute approximate surface area is 159 Å². The van der Waals surface area contributed by atoms with E-state index in [1.54, 1.807) is 42.8 Å². The van der Waals surface area contributed by atoms with Crippen molar-refractivity contribution in [1.29, 1.82) is 0 Å². The first kappa shape index (κ1) is 19.2. The van der Waals surface area contributed by atoms with Gasteiger partial charge in [-0.15, -0.1) is 0 Å². The Balaban J connectivity index is 1.78. The Bertz CT molecular complexity index is 1010. The van der Waals surface area contributed by atoms with Gasteiger partial charge in [0.1, 0.15) is 17.2 Å². The molecule has 0 radical (unpaired) electrons. The van der Waals surface area contributed by atoms with E-state index in [-0.39, 0.29) is 12.3 Å². The van der Waals surface area contributed by atoms with E-state index in [1.165, 1.54) is 6.20 Å². The van der Waals surface area contributed by atoms with E-state index in [0.717, 1.165) is 18.2 Å². The molecule has 28 heavy (non-hydrogen) atoms. The van der Waals surface area contributed by atoms with Gasteiger partial charge in [-0.05, 0) is 50.2 Å². The number of nitrogens with zero attached hydrogens (tertiary/aromatic N) is 2. The van der Waals surface area contributed by atoms with Crippen LogP contribution in [0.4, 0.5) is 14.5 Å². The number of halogens is 2. The third kappa shape index (κ3) is 4.06. The molecule has 0 fully saturated rings. The zero-order valence-electron chi connectivity index (χ0n) is 15.2. The van der Waals surface area contributed by atoms with E-state index in [9.17, 15) is 18.4 Å². The Morgan fingerprint density at radius 1 is 1.11 bits per heavy atom. The lowest BCUT2D eigenvalue weighted by Crippen LogP contribution is -2.12. The van der Waals surface area contributed by atoms with Crippen LogP contribution in [0.15, 0.2) is 48.7 Å². The number of carbonyl (C=O) groups is 2. The van der Waals surface area contributed by atoms with Crippen LogP contribution in [0.25, 0.3) is 5.69 Å². The fourth-order valence-electron chi connectivity index (χ4n) is 2.66. The first-order valence-electron chi connectivity index (χ1n) is 8.48. The number of benzene rings is 2. The maximum absolute atomic E-state index is 13.2. The molecule has 3 rings (SSSR count). The van der Waals surface area contributed by atoms with Gasteiger partial charge in [0.05, 0.1) is 24.2 Å². The smallest absolute Gasteiger partial charge is 0.341 e. The minimum Gasteiger partial charge on any atom is -0.462 e. The van der Waals surface area contributed by atoms with Gasteiger partial charge >= 0.3 is 5.97 Å².